The van der Waals surface area contributed by atoms with E-state index < -0.39 is 0 Å². The first kappa shape index (κ1) is 11.1. The van der Waals surface area contributed by atoms with Gasteiger partial charge < -0.3 is 15.7 Å². The topological polar surface area (TPSA) is 44.3 Å². The van der Waals surface area contributed by atoms with Crippen molar-refractivity contribution in [3.63, 3.8) is 0 Å². The zero-order valence-corrected chi connectivity index (χ0v) is 10.1. The Morgan fingerprint density at radius 1 is 1.35 bits per heavy atom. The number of nitrogens with one attached hydrogen (secondary N) is 2. The quantitative estimate of drug-likeness (QED) is 0.741. The molecule has 0 radical (unpaired) electrons. The number of hydrogen-bond acceptors (Lipinski definition) is 3. The Bertz CT molecular complexity index is 401. The monoisotopic (exact) mass is 232 g/mol. The number of benzene rings is 1. The minimum Gasteiger partial charge on any atom is -0.508 e. The normalized spacial score (nSPS) is 24.1. The van der Waals surface area contributed by atoms with Crippen LogP contribution in [0.15, 0.2) is 18.2 Å². The van der Waals surface area contributed by atoms with Crippen LogP contribution in [0.2, 0.25) is 0 Å². The second kappa shape index (κ2) is 4.67. The highest BCUT2D eigenvalue weighted by Crippen LogP contribution is 2.25. The van der Waals surface area contributed by atoms with E-state index in [-0.39, 0.29) is 0 Å². The van der Waals surface area contributed by atoms with E-state index in [9.17, 15) is 5.11 Å². The summed E-state index contributed by atoms with van der Waals surface area (Å²) in [5.41, 5.74) is 2.37. The first-order valence-corrected chi connectivity index (χ1v) is 6.59. The summed E-state index contributed by atoms with van der Waals surface area (Å²) >= 11 is 0. The highest BCUT2D eigenvalue weighted by molar-refractivity contribution is 5.41. The van der Waals surface area contributed by atoms with Gasteiger partial charge in [-0.3, -0.25) is 0 Å². The van der Waals surface area contributed by atoms with E-state index in [1.54, 1.807) is 6.07 Å². The second-order valence-electron chi connectivity index (χ2n) is 5.23. The van der Waals surface area contributed by atoms with Crippen molar-refractivity contribution in [3.8, 4) is 5.75 Å². The lowest BCUT2D eigenvalue weighted by molar-refractivity contribution is 0.315. The smallest absolute Gasteiger partial charge is 0.120 e. The van der Waals surface area contributed by atoms with Crippen molar-refractivity contribution in [2.24, 2.45) is 0 Å². The molecular formula is C14H20N2O. The van der Waals surface area contributed by atoms with Crippen LogP contribution in [-0.2, 0) is 13.0 Å². The minimum absolute atomic E-state index is 0.431. The maximum Gasteiger partial charge on any atom is 0.120 e. The molecule has 3 N–H and O–H groups in total. The van der Waals surface area contributed by atoms with Gasteiger partial charge >= 0.3 is 0 Å². The Morgan fingerprint density at radius 3 is 3.00 bits per heavy atom. The van der Waals surface area contributed by atoms with Gasteiger partial charge in [-0.05, 0) is 30.9 Å². The van der Waals surface area contributed by atoms with Crippen molar-refractivity contribution < 1.29 is 5.11 Å². The fourth-order valence-electron chi connectivity index (χ4n) is 2.67. The van der Waals surface area contributed by atoms with Gasteiger partial charge in [-0.25, -0.2) is 0 Å². The summed E-state index contributed by atoms with van der Waals surface area (Å²) in [4.78, 5) is 0. The van der Waals surface area contributed by atoms with Crippen LogP contribution in [0.4, 0.5) is 0 Å². The van der Waals surface area contributed by atoms with Crippen LogP contribution in [-0.4, -0.2) is 23.7 Å². The number of phenolic OH excluding ortho intramolecular Hbond substituents is 1. The molecule has 92 valence electrons. The SMILES string of the molecule is Oc1cccc2c1CNC(CNC1CCC1)C2. The van der Waals surface area contributed by atoms with E-state index in [4.69, 9.17) is 0 Å². The predicted octanol–water partition coefficient (Wildman–Crippen LogP) is 1.55. The van der Waals surface area contributed by atoms with Gasteiger partial charge in [-0.15, -0.1) is 0 Å². The van der Waals surface area contributed by atoms with E-state index in [2.05, 4.69) is 16.7 Å². The summed E-state index contributed by atoms with van der Waals surface area (Å²) in [6.07, 6.45) is 5.07. The summed E-state index contributed by atoms with van der Waals surface area (Å²) in [5.74, 6) is 0.431. The Morgan fingerprint density at radius 2 is 2.24 bits per heavy atom. The molecule has 3 heteroatoms. The van der Waals surface area contributed by atoms with Crippen molar-refractivity contribution >= 4 is 0 Å². The Hall–Kier alpha value is -1.06. The number of rotatable bonds is 3. The molecule has 1 aromatic carbocycles. The fraction of sp³-hybridized carbons (Fsp3) is 0.571. The molecule has 1 saturated carbocycles. The molecule has 3 nitrogen and oxygen atoms in total. The molecular weight excluding hydrogens is 212 g/mol. The van der Waals surface area contributed by atoms with Gasteiger partial charge in [0.15, 0.2) is 0 Å². The number of aromatic hydroxyl groups is 1. The van der Waals surface area contributed by atoms with Crippen molar-refractivity contribution in [1.29, 1.82) is 0 Å². The lowest BCUT2D eigenvalue weighted by atomic mass is 9.91. The third-order valence-electron chi connectivity index (χ3n) is 4.04. The predicted molar refractivity (Wildman–Crippen MR) is 68.1 cm³/mol. The largest absolute Gasteiger partial charge is 0.508 e. The molecule has 1 aliphatic heterocycles. The molecule has 0 amide bonds. The average Bonchev–Trinajstić information content (AvgIpc) is 2.27. The summed E-state index contributed by atoms with van der Waals surface area (Å²) in [6.45, 7) is 1.83. The molecule has 3 rings (SSSR count). The first-order chi connectivity index (χ1) is 8.33. The Kier molecular flexibility index (Phi) is 3.04. The summed E-state index contributed by atoms with van der Waals surface area (Å²) in [5, 5.41) is 16.9. The molecule has 1 atom stereocenters. The summed E-state index contributed by atoms with van der Waals surface area (Å²) < 4.78 is 0. The van der Waals surface area contributed by atoms with Crippen LogP contribution >= 0.6 is 0 Å². The van der Waals surface area contributed by atoms with Crippen LogP contribution < -0.4 is 10.6 Å². The molecule has 0 saturated heterocycles. The zero-order valence-electron chi connectivity index (χ0n) is 10.1. The van der Waals surface area contributed by atoms with Gasteiger partial charge in [0.05, 0.1) is 0 Å². The van der Waals surface area contributed by atoms with Crippen LogP contribution in [0.1, 0.15) is 30.4 Å². The Labute approximate surface area is 102 Å². The zero-order chi connectivity index (χ0) is 11.7. The maximum absolute atomic E-state index is 9.75. The third-order valence-corrected chi connectivity index (χ3v) is 4.04. The molecule has 0 aromatic heterocycles. The Balaban J connectivity index is 1.60. The van der Waals surface area contributed by atoms with E-state index in [1.165, 1.54) is 24.8 Å². The number of fused-ring (bicyclic) bond motifs is 1. The number of phenols is 1. The van der Waals surface area contributed by atoms with Gasteiger partial charge in [0.25, 0.3) is 0 Å². The van der Waals surface area contributed by atoms with Gasteiger partial charge in [0.1, 0.15) is 5.75 Å². The summed E-state index contributed by atoms with van der Waals surface area (Å²) in [7, 11) is 0. The molecule has 1 fully saturated rings. The lowest BCUT2D eigenvalue weighted by Crippen LogP contribution is -2.47. The van der Waals surface area contributed by atoms with E-state index in [0.717, 1.165) is 31.1 Å². The maximum atomic E-state index is 9.75. The van der Waals surface area contributed by atoms with Crippen molar-refractivity contribution in [2.45, 2.75) is 44.3 Å². The third kappa shape index (κ3) is 2.31. The van der Waals surface area contributed by atoms with E-state index in [0.29, 0.717) is 11.8 Å². The van der Waals surface area contributed by atoms with Crippen molar-refractivity contribution in [3.05, 3.63) is 29.3 Å². The molecule has 1 heterocycles. The molecule has 1 aromatic rings. The van der Waals surface area contributed by atoms with Crippen LogP contribution in [0.5, 0.6) is 5.75 Å². The fourth-order valence-corrected chi connectivity index (χ4v) is 2.67. The minimum atomic E-state index is 0.431. The molecule has 1 aliphatic carbocycles. The highest BCUT2D eigenvalue weighted by Gasteiger charge is 2.22. The molecule has 17 heavy (non-hydrogen) atoms. The van der Waals surface area contributed by atoms with Gasteiger partial charge in [0.2, 0.25) is 0 Å². The van der Waals surface area contributed by atoms with Gasteiger partial charge in [-0.1, -0.05) is 18.6 Å². The molecule has 2 aliphatic rings. The van der Waals surface area contributed by atoms with Crippen LogP contribution in [0.3, 0.4) is 0 Å². The average molecular weight is 232 g/mol. The second-order valence-corrected chi connectivity index (χ2v) is 5.23. The standard InChI is InChI=1S/C14H20N2O/c17-14-6-1-3-10-7-12(16-9-13(10)14)8-15-11-4-2-5-11/h1,3,6,11-12,15-17H,2,4-5,7-9H2. The van der Waals surface area contributed by atoms with Gasteiger partial charge in [0, 0.05) is 30.7 Å². The molecule has 0 bridgehead atoms. The highest BCUT2D eigenvalue weighted by atomic mass is 16.3. The van der Waals surface area contributed by atoms with Crippen LogP contribution in [0.25, 0.3) is 0 Å². The number of hydrogen-bond donors (Lipinski definition) is 3. The molecule has 1 unspecified atom stereocenters. The summed E-state index contributed by atoms with van der Waals surface area (Å²) in [6, 6.07) is 7.10. The van der Waals surface area contributed by atoms with Crippen molar-refractivity contribution in [2.75, 3.05) is 6.54 Å². The van der Waals surface area contributed by atoms with Gasteiger partial charge in [-0.2, -0.15) is 0 Å². The van der Waals surface area contributed by atoms with Crippen molar-refractivity contribution in [1.82, 2.24) is 10.6 Å². The molecule has 0 spiro atoms. The lowest BCUT2D eigenvalue weighted by Gasteiger charge is -2.31. The van der Waals surface area contributed by atoms with Crippen LogP contribution in [0, 0.1) is 0 Å². The van der Waals surface area contributed by atoms with E-state index >= 15 is 0 Å². The first-order valence-electron chi connectivity index (χ1n) is 6.59. The van der Waals surface area contributed by atoms with E-state index in [1.807, 2.05) is 6.07 Å².